The minimum atomic E-state index is -0.592. The first-order chi connectivity index (χ1) is 20.1. The van der Waals surface area contributed by atoms with E-state index in [9.17, 15) is 14.7 Å². The summed E-state index contributed by atoms with van der Waals surface area (Å²) in [5.41, 5.74) is 8.15. The second-order valence-electron chi connectivity index (χ2n) is 11.0. The van der Waals surface area contributed by atoms with Gasteiger partial charge in [-0.1, -0.05) is 66.7 Å². The molecule has 2 heterocycles. The van der Waals surface area contributed by atoms with Crippen molar-refractivity contribution < 1.29 is 24.2 Å². The Morgan fingerprint density at radius 1 is 1.02 bits per heavy atom. The number of likely N-dealkylation sites (tertiary alicyclic amines) is 1. The number of fused-ring (bicyclic) bond motifs is 3. The van der Waals surface area contributed by atoms with Gasteiger partial charge in [0.15, 0.2) is 5.76 Å². The molecule has 3 aliphatic rings. The van der Waals surface area contributed by atoms with Crippen LogP contribution in [0.2, 0.25) is 0 Å². The number of ether oxygens (including phenoxy) is 2. The lowest BCUT2D eigenvalue weighted by Gasteiger charge is -2.30. The van der Waals surface area contributed by atoms with Gasteiger partial charge in [-0.3, -0.25) is 9.59 Å². The lowest BCUT2D eigenvalue weighted by atomic mass is 9.87. The molecule has 2 amide bonds. The normalized spacial score (nSPS) is 19.4. The molecule has 0 radical (unpaired) electrons. The average molecular weight is 553 g/mol. The summed E-state index contributed by atoms with van der Waals surface area (Å²) in [6.07, 6.45) is 5.03. The van der Waals surface area contributed by atoms with Gasteiger partial charge in [-0.05, 0) is 64.3 Å². The fourth-order valence-electron chi connectivity index (χ4n) is 6.09. The van der Waals surface area contributed by atoms with Crippen LogP contribution in [-0.4, -0.2) is 47.7 Å². The van der Waals surface area contributed by atoms with Gasteiger partial charge in [0.1, 0.15) is 0 Å². The van der Waals surface area contributed by atoms with Crippen LogP contribution >= 0.6 is 0 Å². The predicted molar refractivity (Wildman–Crippen MR) is 156 cm³/mol. The number of nitrogens with one attached hydrogen (secondary N) is 1. The standard InChI is InChI=1S/C34H36N2O5/c37-21-23-11-13-24(14-12-23)22-40-33-20-26(28-8-3-9-29-27-7-2-1-6-25(27)18-30(28)29)19-31(41-33)34(39)35-15-5-17-36-16-4-10-32(36)38/h1-3,6-9,11-14,19,26,33,37H,4-5,10,15-18,20-22H2,(H,35,39)/t26-,33+/m1/s1. The molecule has 2 atom stereocenters. The maximum Gasteiger partial charge on any atom is 0.286 e. The molecule has 0 unspecified atom stereocenters. The molecule has 7 nitrogen and oxygen atoms in total. The number of hydrogen-bond donors (Lipinski definition) is 2. The summed E-state index contributed by atoms with van der Waals surface area (Å²) in [5.74, 6) is 0.158. The van der Waals surface area contributed by atoms with E-state index in [-0.39, 0.29) is 30.1 Å². The first-order valence-electron chi connectivity index (χ1n) is 14.5. The minimum Gasteiger partial charge on any atom is -0.459 e. The number of allylic oxidation sites excluding steroid dienone is 1. The Balaban J connectivity index is 1.18. The van der Waals surface area contributed by atoms with E-state index < -0.39 is 6.29 Å². The zero-order valence-corrected chi connectivity index (χ0v) is 23.2. The number of aliphatic hydroxyl groups excluding tert-OH is 1. The van der Waals surface area contributed by atoms with Gasteiger partial charge in [0, 0.05) is 38.4 Å². The molecular weight excluding hydrogens is 516 g/mol. The number of amides is 2. The van der Waals surface area contributed by atoms with Crippen LogP contribution in [0.15, 0.2) is 78.6 Å². The molecule has 0 aromatic heterocycles. The van der Waals surface area contributed by atoms with Gasteiger partial charge >= 0.3 is 0 Å². The lowest BCUT2D eigenvalue weighted by Crippen LogP contribution is -2.35. The summed E-state index contributed by atoms with van der Waals surface area (Å²) in [4.78, 5) is 27.0. The highest BCUT2D eigenvalue weighted by Crippen LogP contribution is 2.43. The fourth-order valence-corrected chi connectivity index (χ4v) is 6.09. The van der Waals surface area contributed by atoms with E-state index in [1.807, 2.05) is 35.2 Å². The summed E-state index contributed by atoms with van der Waals surface area (Å²) >= 11 is 0. The van der Waals surface area contributed by atoms with E-state index in [2.05, 4.69) is 47.8 Å². The highest BCUT2D eigenvalue weighted by molar-refractivity contribution is 5.91. The van der Waals surface area contributed by atoms with Crippen LogP contribution in [0, 0.1) is 0 Å². The van der Waals surface area contributed by atoms with Crippen molar-refractivity contribution in [2.45, 2.75) is 57.5 Å². The molecule has 2 aliphatic heterocycles. The van der Waals surface area contributed by atoms with Crippen LogP contribution in [0.1, 0.15) is 59.4 Å². The van der Waals surface area contributed by atoms with Gasteiger partial charge in [-0.15, -0.1) is 0 Å². The van der Waals surface area contributed by atoms with E-state index >= 15 is 0 Å². The first-order valence-corrected chi connectivity index (χ1v) is 14.5. The van der Waals surface area contributed by atoms with E-state index in [0.29, 0.717) is 39.0 Å². The zero-order chi connectivity index (χ0) is 28.2. The van der Waals surface area contributed by atoms with Crippen LogP contribution in [0.25, 0.3) is 11.1 Å². The number of hydrogen-bond acceptors (Lipinski definition) is 5. The summed E-state index contributed by atoms with van der Waals surface area (Å²) in [5, 5.41) is 12.3. The molecule has 0 bridgehead atoms. The number of benzene rings is 3. The third-order valence-electron chi connectivity index (χ3n) is 8.27. The fraction of sp³-hybridized carbons (Fsp3) is 0.353. The largest absolute Gasteiger partial charge is 0.459 e. The molecule has 212 valence electrons. The Morgan fingerprint density at radius 3 is 2.63 bits per heavy atom. The maximum absolute atomic E-state index is 13.3. The second-order valence-corrected chi connectivity index (χ2v) is 11.0. The average Bonchev–Trinajstić information content (AvgIpc) is 3.61. The number of rotatable bonds is 10. The highest BCUT2D eigenvalue weighted by atomic mass is 16.7. The molecule has 3 aromatic carbocycles. The number of nitrogens with zero attached hydrogens (tertiary/aromatic N) is 1. The number of carbonyl (C=O) groups is 2. The third kappa shape index (κ3) is 6.06. The highest BCUT2D eigenvalue weighted by Gasteiger charge is 2.32. The Bertz CT molecular complexity index is 1450. The topological polar surface area (TPSA) is 88.1 Å². The Labute approximate surface area is 240 Å². The molecule has 1 fully saturated rings. The molecule has 1 saturated heterocycles. The van der Waals surface area contributed by atoms with E-state index in [4.69, 9.17) is 9.47 Å². The molecule has 2 N–H and O–H groups in total. The summed E-state index contributed by atoms with van der Waals surface area (Å²) < 4.78 is 12.3. The predicted octanol–water partition coefficient (Wildman–Crippen LogP) is 4.81. The maximum atomic E-state index is 13.3. The minimum absolute atomic E-state index is 0.00256. The molecule has 0 saturated carbocycles. The monoisotopic (exact) mass is 552 g/mol. The van der Waals surface area contributed by atoms with Crippen LogP contribution < -0.4 is 5.32 Å². The van der Waals surface area contributed by atoms with Crippen LogP contribution in [-0.2, 0) is 38.7 Å². The Kier molecular flexibility index (Phi) is 8.16. The molecule has 41 heavy (non-hydrogen) atoms. The van der Waals surface area contributed by atoms with Gasteiger partial charge < -0.3 is 24.8 Å². The summed E-state index contributed by atoms with van der Waals surface area (Å²) in [6.45, 7) is 2.25. The van der Waals surface area contributed by atoms with Crippen molar-refractivity contribution in [2.75, 3.05) is 19.6 Å². The smallest absolute Gasteiger partial charge is 0.286 e. The van der Waals surface area contributed by atoms with Crippen LogP contribution in [0.5, 0.6) is 0 Å². The third-order valence-corrected chi connectivity index (χ3v) is 8.27. The quantitative estimate of drug-likeness (QED) is 0.276. The molecule has 6 rings (SSSR count). The van der Waals surface area contributed by atoms with Crippen molar-refractivity contribution in [1.82, 2.24) is 10.2 Å². The van der Waals surface area contributed by atoms with Gasteiger partial charge in [0.05, 0.1) is 13.2 Å². The Hall–Kier alpha value is -3.94. The van der Waals surface area contributed by atoms with Crippen molar-refractivity contribution in [3.63, 3.8) is 0 Å². The van der Waals surface area contributed by atoms with Crippen molar-refractivity contribution in [2.24, 2.45) is 0 Å². The van der Waals surface area contributed by atoms with Gasteiger partial charge in [-0.2, -0.15) is 0 Å². The molecule has 3 aromatic rings. The number of carbonyl (C=O) groups excluding carboxylic acids is 2. The number of aliphatic hydroxyl groups is 1. The SMILES string of the molecule is O=C(NCCCN1CCCC1=O)C1=C[C@@H](c2cccc3c2Cc2ccccc2-3)C[C@@H](OCc2ccc(CO)cc2)O1. The Morgan fingerprint density at radius 2 is 1.83 bits per heavy atom. The molecular formula is C34H36N2O5. The van der Waals surface area contributed by atoms with E-state index in [1.54, 1.807) is 0 Å². The van der Waals surface area contributed by atoms with E-state index in [0.717, 1.165) is 30.5 Å². The summed E-state index contributed by atoms with van der Waals surface area (Å²) in [7, 11) is 0. The molecule has 1 aliphatic carbocycles. The summed E-state index contributed by atoms with van der Waals surface area (Å²) in [6, 6.07) is 22.6. The lowest BCUT2D eigenvalue weighted by molar-refractivity contribution is -0.150. The van der Waals surface area contributed by atoms with Crippen molar-refractivity contribution in [3.05, 3.63) is 106 Å². The zero-order valence-electron chi connectivity index (χ0n) is 23.2. The van der Waals surface area contributed by atoms with Crippen LogP contribution in [0.3, 0.4) is 0 Å². The van der Waals surface area contributed by atoms with Gasteiger partial charge in [0.2, 0.25) is 12.2 Å². The van der Waals surface area contributed by atoms with Gasteiger partial charge in [-0.25, -0.2) is 0 Å². The van der Waals surface area contributed by atoms with Gasteiger partial charge in [0.25, 0.3) is 5.91 Å². The first kappa shape index (κ1) is 27.2. The van der Waals surface area contributed by atoms with E-state index in [1.165, 1.54) is 27.8 Å². The molecule has 0 spiro atoms. The van der Waals surface area contributed by atoms with Crippen molar-refractivity contribution >= 4 is 11.8 Å². The molecule has 7 heteroatoms. The van der Waals surface area contributed by atoms with Crippen LogP contribution in [0.4, 0.5) is 0 Å². The van der Waals surface area contributed by atoms with Crippen molar-refractivity contribution in [3.8, 4) is 11.1 Å². The second kappa shape index (κ2) is 12.3. The van der Waals surface area contributed by atoms with Crippen molar-refractivity contribution in [1.29, 1.82) is 0 Å².